The maximum atomic E-state index is 12.7. The number of thiocarbonyl (C=S) groups is 1. The van der Waals surface area contributed by atoms with Crippen molar-refractivity contribution in [3.8, 4) is 5.75 Å². The maximum absolute atomic E-state index is 12.7. The molecule has 0 spiro atoms. The largest absolute Gasteiger partial charge is 0.494 e. The van der Waals surface area contributed by atoms with E-state index < -0.39 is 5.91 Å². The number of carbonyl (C=O) groups is 2. The first kappa shape index (κ1) is 20.6. The Morgan fingerprint density at radius 1 is 1.29 bits per heavy atom. The molecule has 0 aliphatic carbocycles. The van der Waals surface area contributed by atoms with E-state index in [1.807, 2.05) is 31.2 Å². The average Bonchev–Trinajstić information content (AvgIpc) is 2.94. The normalized spacial score (nSPS) is 15.2. The molecule has 0 saturated carbocycles. The Morgan fingerprint density at radius 3 is 2.75 bits per heavy atom. The van der Waals surface area contributed by atoms with Gasteiger partial charge in [-0.3, -0.25) is 15.0 Å². The number of thioether (sulfide) groups is 1. The first-order valence-corrected chi connectivity index (χ1v) is 10.6. The summed E-state index contributed by atoms with van der Waals surface area (Å²) in [6.07, 6.45) is 2.66. The zero-order valence-corrected chi connectivity index (χ0v) is 18.2. The molecule has 28 heavy (non-hydrogen) atoms. The molecule has 2 amide bonds. The predicted octanol–water partition coefficient (Wildman–Crippen LogP) is 4.78. The highest BCUT2D eigenvalue weighted by Gasteiger charge is 2.33. The number of carbonyl (C=O) groups excluding carboxylic acids is 2. The van der Waals surface area contributed by atoms with Crippen LogP contribution in [-0.2, 0) is 4.79 Å². The van der Waals surface area contributed by atoms with Gasteiger partial charge >= 0.3 is 0 Å². The maximum Gasteiger partial charge on any atom is 0.285 e. The molecule has 2 aromatic rings. The minimum absolute atomic E-state index is 0.278. The molecule has 1 saturated heterocycles. The molecular weight excluding hydrogens is 460 g/mol. The molecule has 144 valence electrons. The fraction of sp³-hybridized carbons (Fsp3) is 0.150. The smallest absolute Gasteiger partial charge is 0.285 e. The van der Waals surface area contributed by atoms with Crippen molar-refractivity contribution < 1.29 is 14.3 Å². The minimum Gasteiger partial charge on any atom is -0.494 e. The summed E-state index contributed by atoms with van der Waals surface area (Å²) < 4.78 is 6.76. The van der Waals surface area contributed by atoms with Crippen molar-refractivity contribution in [2.24, 2.45) is 0 Å². The van der Waals surface area contributed by atoms with Crippen LogP contribution in [0.4, 0.5) is 0 Å². The summed E-state index contributed by atoms with van der Waals surface area (Å²) in [6.45, 7) is 2.67. The Bertz CT molecular complexity index is 945. The highest BCUT2D eigenvalue weighted by atomic mass is 79.9. The predicted molar refractivity (Wildman–Crippen MR) is 119 cm³/mol. The number of halogens is 1. The SMILES string of the molecule is CCCOc1cccc(/C=C2/SC(=S)N(NC(=O)c3ccc(Br)cc3)C2=O)c1. The van der Waals surface area contributed by atoms with Crippen molar-refractivity contribution in [3.05, 3.63) is 69.0 Å². The molecule has 0 atom stereocenters. The van der Waals surface area contributed by atoms with Gasteiger partial charge < -0.3 is 4.74 Å². The monoisotopic (exact) mass is 476 g/mol. The Morgan fingerprint density at radius 2 is 2.04 bits per heavy atom. The first-order valence-electron chi connectivity index (χ1n) is 8.55. The molecule has 1 N–H and O–H groups in total. The molecule has 0 aromatic heterocycles. The molecule has 5 nitrogen and oxygen atoms in total. The minimum atomic E-state index is -0.403. The molecule has 0 bridgehead atoms. The summed E-state index contributed by atoms with van der Waals surface area (Å²) in [5.74, 6) is -0.0185. The van der Waals surface area contributed by atoms with Crippen LogP contribution in [-0.4, -0.2) is 27.8 Å². The van der Waals surface area contributed by atoms with E-state index in [1.54, 1.807) is 30.3 Å². The molecule has 0 unspecified atom stereocenters. The van der Waals surface area contributed by atoms with Gasteiger partial charge in [-0.2, -0.15) is 5.01 Å². The lowest BCUT2D eigenvalue weighted by Gasteiger charge is -2.15. The number of hydrazine groups is 1. The molecule has 8 heteroatoms. The second-order valence-electron chi connectivity index (χ2n) is 5.89. The number of ether oxygens (including phenoxy) is 1. The third kappa shape index (κ3) is 5.01. The van der Waals surface area contributed by atoms with Crippen molar-refractivity contribution >= 4 is 62.1 Å². The number of hydrogen-bond acceptors (Lipinski definition) is 5. The summed E-state index contributed by atoms with van der Waals surface area (Å²) in [6, 6.07) is 14.3. The number of amides is 2. The topological polar surface area (TPSA) is 58.6 Å². The molecule has 1 fully saturated rings. The molecule has 3 rings (SSSR count). The van der Waals surface area contributed by atoms with E-state index in [9.17, 15) is 9.59 Å². The number of hydrogen-bond donors (Lipinski definition) is 1. The van der Waals surface area contributed by atoms with Crippen LogP contribution in [0.1, 0.15) is 29.3 Å². The van der Waals surface area contributed by atoms with Gasteiger partial charge in [0.25, 0.3) is 11.8 Å². The van der Waals surface area contributed by atoms with Crippen molar-refractivity contribution in [1.82, 2.24) is 10.4 Å². The Hall–Kier alpha value is -2.16. The Kier molecular flexibility index (Phi) is 6.88. The van der Waals surface area contributed by atoms with Crippen molar-refractivity contribution in [1.29, 1.82) is 0 Å². The standard InChI is InChI=1S/C20H17BrN2O3S2/c1-2-10-26-16-5-3-4-13(11-16)12-17-19(25)23(20(27)28-17)22-18(24)14-6-8-15(21)9-7-14/h3-9,11-12H,2,10H2,1H3,(H,22,24)/b17-12+. The van der Waals surface area contributed by atoms with E-state index in [-0.39, 0.29) is 10.2 Å². The van der Waals surface area contributed by atoms with Gasteiger partial charge in [0.2, 0.25) is 0 Å². The second-order valence-corrected chi connectivity index (χ2v) is 8.48. The van der Waals surface area contributed by atoms with E-state index in [0.29, 0.717) is 17.1 Å². The van der Waals surface area contributed by atoms with Crippen LogP contribution in [0.15, 0.2) is 57.9 Å². The fourth-order valence-electron chi connectivity index (χ4n) is 2.40. The van der Waals surface area contributed by atoms with Gasteiger partial charge in [-0.05, 0) is 66.7 Å². The summed E-state index contributed by atoms with van der Waals surface area (Å²) in [7, 11) is 0. The van der Waals surface area contributed by atoms with Crippen molar-refractivity contribution in [2.45, 2.75) is 13.3 Å². The molecule has 1 aliphatic rings. The van der Waals surface area contributed by atoms with Gasteiger partial charge in [-0.25, -0.2) is 0 Å². The van der Waals surface area contributed by atoms with Crippen molar-refractivity contribution in [2.75, 3.05) is 6.61 Å². The summed E-state index contributed by atoms with van der Waals surface area (Å²) >= 11 is 9.73. The quantitative estimate of drug-likeness (QED) is 0.479. The van der Waals surface area contributed by atoms with Gasteiger partial charge in [0.1, 0.15) is 5.75 Å². The van der Waals surface area contributed by atoms with Crippen LogP contribution in [0.3, 0.4) is 0 Å². The summed E-state index contributed by atoms with van der Waals surface area (Å²) in [4.78, 5) is 25.5. The van der Waals surface area contributed by atoms with Crippen LogP contribution in [0, 0.1) is 0 Å². The molecule has 0 radical (unpaired) electrons. The van der Waals surface area contributed by atoms with Crippen LogP contribution < -0.4 is 10.2 Å². The van der Waals surface area contributed by atoms with Crippen LogP contribution in [0.5, 0.6) is 5.75 Å². The van der Waals surface area contributed by atoms with Crippen LogP contribution in [0.2, 0.25) is 0 Å². The van der Waals surface area contributed by atoms with E-state index >= 15 is 0 Å². The summed E-state index contributed by atoms with van der Waals surface area (Å²) in [5.41, 5.74) is 3.83. The molecular formula is C20H17BrN2O3S2. The molecule has 1 heterocycles. The van der Waals surface area contributed by atoms with E-state index in [0.717, 1.165) is 39.0 Å². The summed E-state index contributed by atoms with van der Waals surface area (Å²) in [5, 5.41) is 1.10. The van der Waals surface area contributed by atoms with E-state index in [2.05, 4.69) is 21.4 Å². The lowest BCUT2D eigenvalue weighted by atomic mass is 10.2. The first-order chi connectivity index (χ1) is 13.5. The van der Waals surface area contributed by atoms with Crippen LogP contribution >= 0.6 is 39.9 Å². The zero-order chi connectivity index (χ0) is 20.1. The third-order valence-electron chi connectivity index (χ3n) is 3.74. The van der Waals surface area contributed by atoms with E-state index in [4.69, 9.17) is 17.0 Å². The van der Waals surface area contributed by atoms with Gasteiger partial charge in [-0.15, -0.1) is 0 Å². The molecule has 2 aromatic carbocycles. The van der Waals surface area contributed by atoms with Crippen LogP contribution in [0.25, 0.3) is 6.08 Å². The third-order valence-corrected chi connectivity index (χ3v) is 5.57. The zero-order valence-electron chi connectivity index (χ0n) is 15.0. The molecule has 1 aliphatic heterocycles. The highest BCUT2D eigenvalue weighted by Crippen LogP contribution is 2.32. The lowest BCUT2D eigenvalue weighted by molar-refractivity contribution is -0.123. The van der Waals surface area contributed by atoms with Gasteiger partial charge in [0, 0.05) is 10.0 Å². The highest BCUT2D eigenvalue weighted by molar-refractivity contribution is 9.10. The number of rotatable bonds is 6. The number of benzene rings is 2. The van der Waals surface area contributed by atoms with Crippen molar-refractivity contribution in [3.63, 3.8) is 0 Å². The number of nitrogens with one attached hydrogen (secondary N) is 1. The van der Waals surface area contributed by atoms with Gasteiger partial charge in [0.05, 0.1) is 11.5 Å². The number of nitrogens with zero attached hydrogens (tertiary/aromatic N) is 1. The van der Waals surface area contributed by atoms with E-state index in [1.165, 1.54) is 0 Å². The Labute approximate surface area is 181 Å². The fourth-order valence-corrected chi connectivity index (χ4v) is 3.84. The Balaban J connectivity index is 1.73. The van der Waals surface area contributed by atoms with Gasteiger partial charge in [-0.1, -0.05) is 46.7 Å². The lowest BCUT2D eigenvalue weighted by Crippen LogP contribution is -2.44. The second kappa shape index (κ2) is 9.36. The van der Waals surface area contributed by atoms with Gasteiger partial charge in [0.15, 0.2) is 4.32 Å². The average molecular weight is 477 g/mol.